The van der Waals surface area contributed by atoms with Crippen LogP contribution < -0.4 is 4.90 Å². The molecule has 0 bridgehead atoms. The minimum absolute atomic E-state index is 0.156. The lowest BCUT2D eigenvalue weighted by Gasteiger charge is -2.25. The van der Waals surface area contributed by atoms with Crippen LogP contribution in [0.2, 0.25) is 0 Å². The molecule has 1 unspecified atom stereocenters. The lowest BCUT2D eigenvalue weighted by Crippen LogP contribution is -2.30. The molecule has 6 nitrogen and oxygen atoms in total. The average Bonchev–Trinajstić information content (AvgIpc) is 3.22. The number of anilines is 1. The Balaban J connectivity index is 1.60. The van der Waals surface area contributed by atoms with Gasteiger partial charge in [-0.2, -0.15) is 5.10 Å². The van der Waals surface area contributed by atoms with Crippen molar-refractivity contribution in [2.24, 2.45) is 22.7 Å². The molecule has 1 fully saturated rings. The van der Waals surface area contributed by atoms with Crippen LogP contribution in [0.3, 0.4) is 0 Å². The topological polar surface area (TPSA) is 70.6 Å². The maximum absolute atomic E-state index is 13.0. The normalized spacial score (nSPS) is 21.4. The van der Waals surface area contributed by atoms with Crippen molar-refractivity contribution < 1.29 is 9.53 Å². The first kappa shape index (κ1) is 24.6. The molecule has 1 aromatic heterocycles. The van der Waals surface area contributed by atoms with E-state index in [4.69, 9.17) is 14.8 Å². The molecule has 1 amide bonds. The van der Waals surface area contributed by atoms with Gasteiger partial charge in [0.2, 0.25) is 5.91 Å². The summed E-state index contributed by atoms with van der Waals surface area (Å²) < 4.78 is 5.44. The maximum atomic E-state index is 13.0. The third-order valence-electron chi connectivity index (χ3n) is 7.75. The van der Waals surface area contributed by atoms with Gasteiger partial charge in [-0.1, -0.05) is 33.3 Å². The zero-order valence-corrected chi connectivity index (χ0v) is 21.5. The van der Waals surface area contributed by atoms with Crippen molar-refractivity contribution >= 4 is 23.0 Å². The number of fused-ring (bicyclic) bond motifs is 1. The van der Waals surface area contributed by atoms with Crippen LogP contribution in [0.15, 0.2) is 23.2 Å². The molecule has 2 aromatic rings. The number of nitrogens with zero attached hydrogens (tertiary/aromatic N) is 3. The van der Waals surface area contributed by atoms with Gasteiger partial charge in [0.25, 0.3) is 0 Å². The Bertz CT molecular complexity index is 1040. The highest BCUT2D eigenvalue weighted by molar-refractivity contribution is 6.02. The van der Waals surface area contributed by atoms with E-state index < -0.39 is 0 Å². The van der Waals surface area contributed by atoms with E-state index >= 15 is 0 Å². The molecule has 1 saturated heterocycles. The summed E-state index contributed by atoms with van der Waals surface area (Å²) in [4.78, 5) is 19.9. The van der Waals surface area contributed by atoms with E-state index in [1.807, 2.05) is 13.1 Å². The first-order valence-electron chi connectivity index (χ1n) is 13.0. The molecular weight excluding hydrogens is 424 g/mol. The van der Waals surface area contributed by atoms with Crippen molar-refractivity contribution in [2.45, 2.75) is 72.6 Å². The van der Waals surface area contributed by atoms with Crippen LogP contribution in [0.5, 0.6) is 0 Å². The lowest BCUT2D eigenvalue weighted by atomic mass is 9.79. The summed E-state index contributed by atoms with van der Waals surface area (Å²) in [6.07, 6.45) is 6.50. The molecule has 2 atom stereocenters. The van der Waals surface area contributed by atoms with E-state index in [0.29, 0.717) is 24.2 Å². The highest BCUT2D eigenvalue weighted by atomic mass is 16.5. The van der Waals surface area contributed by atoms with E-state index in [-0.39, 0.29) is 5.91 Å². The van der Waals surface area contributed by atoms with Gasteiger partial charge < -0.3 is 9.64 Å². The zero-order chi connectivity index (χ0) is 24.2. The quantitative estimate of drug-likeness (QED) is 0.527. The molecule has 1 aliphatic carbocycles. The zero-order valence-electron chi connectivity index (χ0n) is 21.5. The van der Waals surface area contributed by atoms with Crippen molar-refractivity contribution in [3.63, 3.8) is 0 Å². The second-order valence-corrected chi connectivity index (χ2v) is 10.4. The number of carbonyl (C=O) groups excluding carboxylic acids is 1. The first-order valence-corrected chi connectivity index (χ1v) is 13.0. The highest BCUT2D eigenvalue weighted by Crippen LogP contribution is 2.33. The molecular formula is C28H40N4O2. The van der Waals surface area contributed by atoms with Gasteiger partial charge in [0.1, 0.15) is 5.69 Å². The fourth-order valence-corrected chi connectivity index (χ4v) is 5.09. The van der Waals surface area contributed by atoms with E-state index in [2.05, 4.69) is 44.9 Å². The van der Waals surface area contributed by atoms with Crippen molar-refractivity contribution in [2.75, 3.05) is 25.2 Å². The molecule has 6 heteroatoms. The molecule has 2 aliphatic rings. The van der Waals surface area contributed by atoms with Crippen LogP contribution in [0.25, 0.3) is 0 Å². The molecule has 0 saturated carbocycles. The number of benzene rings is 1. The number of aromatic nitrogens is 2. The third kappa shape index (κ3) is 5.43. The molecule has 4 rings (SSSR count). The Morgan fingerprint density at radius 2 is 1.94 bits per heavy atom. The average molecular weight is 465 g/mol. The summed E-state index contributed by atoms with van der Waals surface area (Å²) in [5, 5.41) is 8.04. The number of carbonyl (C=O) groups is 1. The first-order chi connectivity index (χ1) is 16.4. The van der Waals surface area contributed by atoms with Crippen molar-refractivity contribution in [1.29, 1.82) is 0 Å². The monoisotopic (exact) mass is 464 g/mol. The van der Waals surface area contributed by atoms with Gasteiger partial charge in [-0.3, -0.25) is 14.9 Å². The SMILES string of the molecule is CCC/C(=N\c1cc(N(C)C(=O)CC2CCOCC2)ccc1C)c1n[nH]c2c1CC(C)[C@H](C)C2. The number of rotatable bonds is 7. The van der Waals surface area contributed by atoms with Crippen LogP contribution in [0.1, 0.15) is 75.4 Å². The summed E-state index contributed by atoms with van der Waals surface area (Å²) in [5.41, 5.74) is 7.60. The third-order valence-corrected chi connectivity index (χ3v) is 7.75. The van der Waals surface area contributed by atoms with Crippen LogP contribution in [0, 0.1) is 24.7 Å². The van der Waals surface area contributed by atoms with Gasteiger partial charge in [-0.25, -0.2) is 0 Å². The van der Waals surface area contributed by atoms with Gasteiger partial charge in [-0.15, -0.1) is 0 Å². The second kappa shape index (κ2) is 10.9. The number of ether oxygens (including phenoxy) is 1. The second-order valence-electron chi connectivity index (χ2n) is 10.4. The Morgan fingerprint density at radius 3 is 2.68 bits per heavy atom. The number of aliphatic imine (C=N–C) groups is 1. The summed E-state index contributed by atoms with van der Waals surface area (Å²) >= 11 is 0. The Hall–Kier alpha value is -2.47. The Morgan fingerprint density at radius 1 is 1.21 bits per heavy atom. The predicted octanol–water partition coefficient (Wildman–Crippen LogP) is 5.79. The summed E-state index contributed by atoms with van der Waals surface area (Å²) in [5.74, 6) is 1.88. The van der Waals surface area contributed by atoms with E-state index in [9.17, 15) is 4.79 Å². The number of H-pyrrole nitrogens is 1. The van der Waals surface area contributed by atoms with Gasteiger partial charge in [0.15, 0.2) is 0 Å². The molecule has 184 valence electrons. The Labute approximate surface area is 204 Å². The largest absolute Gasteiger partial charge is 0.381 e. The maximum Gasteiger partial charge on any atom is 0.226 e. The number of nitrogens with one attached hydrogen (secondary N) is 1. The standard InChI is InChI=1S/C28H40N4O2/c1-6-7-24(28-23-14-19(3)20(4)15-26(23)30-31-28)29-25-17-22(9-8-18(25)2)32(5)27(33)16-21-10-12-34-13-11-21/h8-9,17,19-21H,6-7,10-16H2,1-5H3,(H,30,31)/b29-24+/t19?,20-/m1/s1. The predicted molar refractivity (Wildman–Crippen MR) is 138 cm³/mol. The molecule has 1 aromatic carbocycles. The molecule has 0 radical (unpaired) electrons. The number of aryl methyl sites for hydroxylation is 1. The molecule has 0 spiro atoms. The lowest BCUT2D eigenvalue weighted by molar-refractivity contribution is -0.119. The van der Waals surface area contributed by atoms with Crippen LogP contribution >= 0.6 is 0 Å². The summed E-state index contributed by atoms with van der Waals surface area (Å²) in [7, 11) is 1.87. The summed E-state index contributed by atoms with van der Waals surface area (Å²) in [6, 6.07) is 6.14. The number of aromatic amines is 1. The van der Waals surface area contributed by atoms with Gasteiger partial charge >= 0.3 is 0 Å². The molecule has 1 aliphatic heterocycles. The van der Waals surface area contributed by atoms with Crippen LogP contribution in [-0.2, 0) is 22.4 Å². The van der Waals surface area contributed by atoms with E-state index in [1.54, 1.807) is 4.90 Å². The Kier molecular flexibility index (Phi) is 7.87. The number of hydrogen-bond donors (Lipinski definition) is 1. The van der Waals surface area contributed by atoms with E-state index in [1.165, 1.54) is 11.3 Å². The van der Waals surface area contributed by atoms with Crippen LogP contribution in [-0.4, -0.2) is 42.1 Å². The fraction of sp³-hybridized carbons (Fsp3) is 0.607. The highest BCUT2D eigenvalue weighted by Gasteiger charge is 2.28. The minimum Gasteiger partial charge on any atom is -0.381 e. The van der Waals surface area contributed by atoms with Crippen LogP contribution in [0.4, 0.5) is 11.4 Å². The van der Waals surface area contributed by atoms with Crippen molar-refractivity contribution in [3.8, 4) is 0 Å². The summed E-state index contributed by atoms with van der Waals surface area (Å²) in [6.45, 7) is 10.5. The number of amides is 1. The molecule has 1 N–H and O–H groups in total. The van der Waals surface area contributed by atoms with Gasteiger partial charge in [0, 0.05) is 43.6 Å². The fourth-order valence-electron chi connectivity index (χ4n) is 5.09. The van der Waals surface area contributed by atoms with Crippen molar-refractivity contribution in [3.05, 3.63) is 40.7 Å². The van der Waals surface area contributed by atoms with Gasteiger partial charge in [-0.05, 0) is 74.5 Å². The molecule has 2 heterocycles. The smallest absolute Gasteiger partial charge is 0.226 e. The minimum atomic E-state index is 0.156. The van der Waals surface area contributed by atoms with E-state index in [0.717, 1.165) is 80.1 Å². The molecule has 34 heavy (non-hydrogen) atoms. The van der Waals surface area contributed by atoms with Gasteiger partial charge in [0.05, 0.1) is 11.4 Å². The van der Waals surface area contributed by atoms with Crippen molar-refractivity contribution in [1.82, 2.24) is 10.2 Å². The number of hydrogen-bond acceptors (Lipinski definition) is 4.